The number of carboxylic acids is 1. The van der Waals surface area contributed by atoms with Gasteiger partial charge in [-0.25, -0.2) is 4.79 Å². The number of hydrogen-bond donors (Lipinski definition) is 18. The number of aliphatic hydroxyl groups is 17. The Morgan fingerprint density at radius 2 is 0.727 bits per heavy atom. The monoisotopic (exact) mass is 972 g/mol. The number of hydrogen-bond acceptors (Lipinski definition) is 29. The minimum absolute atomic E-state index is 0.904. The molecule has 66 heavy (non-hydrogen) atoms. The SMILES string of the molecule is C[C@@H]1O[C@H](O)[C@@H](O)[C@H](O[C@H]2O[C@H](CO)[C@@H](O[C@H]3O[C@H](CO)[C@@H](O)[C@H](O)[C@H]3O)[C@H](O[C@@H]3O[C@@H](C)[C@@H](O)[C@@H](O[C@H]4O[C@H](C(=O)O)[C@@H](O[C@@H]5O[C@H](CO)[C@@H](O)[C@H](O)[C@H]5O)[C@H](O)[C@H]4O)[C@@H]3O)[C@H]2O)[C@@H]1O. The van der Waals surface area contributed by atoms with Crippen molar-refractivity contribution in [1.82, 2.24) is 0 Å². The summed E-state index contributed by atoms with van der Waals surface area (Å²) in [6.07, 6.45) is -58.3. The van der Waals surface area contributed by atoms with Crippen molar-refractivity contribution in [2.75, 3.05) is 19.8 Å². The minimum atomic E-state index is -2.31. The minimum Gasteiger partial charge on any atom is -0.479 e. The van der Waals surface area contributed by atoms with E-state index in [2.05, 4.69) is 0 Å². The molecule has 30 nitrogen and oxygen atoms in total. The molecule has 0 unspecified atom stereocenters. The molecule has 0 aliphatic carbocycles. The Kier molecular flexibility index (Phi) is 18.1. The van der Waals surface area contributed by atoms with Crippen LogP contribution in [0.15, 0.2) is 0 Å². The third-order valence-electron chi connectivity index (χ3n) is 12.3. The van der Waals surface area contributed by atoms with E-state index in [0.29, 0.717) is 0 Å². The van der Waals surface area contributed by atoms with Gasteiger partial charge in [0.25, 0.3) is 0 Å². The van der Waals surface area contributed by atoms with Gasteiger partial charge in [0.2, 0.25) is 0 Å². The second-order valence-corrected chi connectivity index (χ2v) is 16.8. The molecule has 30 heteroatoms. The highest BCUT2D eigenvalue weighted by atomic mass is 16.8. The van der Waals surface area contributed by atoms with E-state index in [1.807, 2.05) is 0 Å². The zero-order chi connectivity index (χ0) is 48.8. The first-order chi connectivity index (χ1) is 31.1. The van der Waals surface area contributed by atoms with Gasteiger partial charge in [-0.15, -0.1) is 0 Å². The molecule has 6 aliphatic rings. The van der Waals surface area contributed by atoms with Crippen LogP contribution in [0, 0.1) is 0 Å². The van der Waals surface area contributed by atoms with Crippen molar-refractivity contribution in [3.8, 4) is 0 Å². The largest absolute Gasteiger partial charge is 0.479 e. The van der Waals surface area contributed by atoms with Crippen LogP contribution in [0.5, 0.6) is 0 Å². The smallest absolute Gasteiger partial charge is 0.335 e. The fraction of sp³-hybridized carbons (Fsp3) is 0.972. The van der Waals surface area contributed by atoms with Crippen LogP contribution in [0.25, 0.3) is 0 Å². The fourth-order valence-corrected chi connectivity index (χ4v) is 8.35. The summed E-state index contributed by atoms with van der Waals surface area (Å²) in [6.45, 7) is -0.336. The molecule has 6 heterocycles. The zero-order valence-electron chi connectivity index (χ0n) is 34.9. The quantitative estimate of drug-likeness (QED) is 0.0768. The molecule has 384 valence electrons. The Bertz CT molecular complexity index is 1540. The molecule has 0 amide bonds. The fourth-order valence-electron chi connectivity index (χ4n) is 8.35. The molecular weight excluding hydrogens is 912 g/mol. The maximum absolute atomic E-state index is 12.4. The molecule has 0 radical (unpaired) electrons. The standard InChI is InChI=1S/C36H60O30/c1-6-11(40)25(21(50)31(55)56-6)62-36-23(52)28(24(10(5-39)60-36)61-32-18(47)15(44)13(42)8(3-37)58-32)65-35-22(51)26(12(41)7(2)57-35)63-34-20(49)17(46)27(29(66-34)30(53)54)64-33-19(48)16(45)14(43)9(4-38)59-33/h6-29,31-52,55H,3-5H2,1-2H3,(H,53,54)/t6-,7-,8+,9+,10+,11+,12+,13+,14+,15-,16-,17+,18+,19+,20+,21-,22-,23+,24+,25+,26+,27-,28+,29-,31-,32+,33-,34-,35-,36+/m0/s1. The van der Waals surface area contributed by atoms with Crippen LogP contribution in [0.1, 0.15) is 13.8 Å². The van der Waals surface area contributed by atoms with Crippen LogP contribution in [0.3, 0.4) is 0 Å². The molecule has 0 aromatic heterocycles. The number of aliphatic hydroxyl groups excluding tert-OH is 17. The molecule has 6 rings (SSSR count). The molecule has 0 aromatic carbocycles. The summed E-state index contributed by atoms with van der Waals surface area (Å²) in [5.74, 6) is -1.87. The van der Waals surface area contributed by atoms with Crippen molar-refractivity contribution in [2.45, 2.75) is 198 Å². The number of carbonyl (C=O) groups is 1. The Labute approximate surface area is 372 Å². The van der Waals surface area contributed by atoms with E-state index < -0.39 is 210 Å². The number of rotatable bonds is 14. The van der Waals surface area contributed by atoms with Gasteiger partial charge in [-0.3, -0.25) is 0 Å². The average Bonchev–Trinajstić information content (AvgIpc) is 3.28. The topological polar surface area (TPSA) is 483 Å². The highest BCUT2D eigenvalue weighted by molar-refractivity contribution is 5.73. The summed E-state index contributed by atoms with van der Waals surface area (Å²) < 4.78 is 61.2. The van der Waals surface area contributed by atoms with Crippen molar-refractivity contribution >= 4 is 5.97 Å². The van der Waals surface area contributed by atoms with Crippen molar-refractivity contribution in [1.29, 1.82) is 0 Å². The zero-order valence-corrected chi connectivity index (χ0v) is 34.9. The van der Waals surface area contributed by atoms with Crippen LogP contribution in [0.4, 0.5) is 0 Å². The van der Waals surface area contributed by atoms with E-state index >= 15 is 0 Å². The van der Waals surface area contributed by atoms with Gasteiger partial charge in [0, 0.05) is 0 Å². The average molecular weight is 973 g/mol. The maximum Gasteiger partial charge on any atom is 0.335 e. The lowest BCUT2D eigenvalue weighted by atomic mass is 9.95. The number of aliphatic carboxylic acids is 1. The van der Waals surface area contributed by atoms with E-state index in [1.54, 1.807) is 0 Å². The molecule has 0 aromatic rings. The van der Waals surface area contributed by atoms with Crippen molar-refractivity contribution in [3.05, 3.63) is 0 Å². The lowest BCUT2D eigenvalue weighted by Crippen LogP contribution is -2.69. The van der Waals surface area contributed by atoms with Crippen LogP contribution in [-0.4, -0.2) is 302 Å². The van der Waals surface area contributed by atoms with E-state index in [4.69, 9.17) is 52.1 Å². The molecule has 0 saturated carbocycles. The van der Waals surface area contributed by atoms with Gasteiger partial charge in [-0.1, -0.05) is 0 Å². The van der Waals surface area contributed by atoms with E-state index in [1.165, 1.54) is 13.8 Å². The van der Waals surface area contributed by atoms with E-state index in [0.717, 1.165) is 0 Å². The maximum atomic E-state index is 12.4. The summed E-state index contributed by atoms with van der Waals surface area (Å²) in [5, 5.41) is 191. The molecule has 6 saturated heterocycles. The summed E-state index contributed by atoms with van der Waals surface area (Å²) in [5.41, 5.74) is 0. The summed E-state index contributed by atoms with van der Waals surface area (Å²) in [6, 6.07) is 0. The summed E-state index contributed by atoms with van der Waals surface area (Å²) >= 11 is 0. The first-order valence-electron chi connectivity index (χ1n) is 20.8. The molecule has 30 atom stereocenters. The second kappa shape index (κ2) is 22.2. The Morgan fingerprint density at radius 3 is 1.23 bits per heavy atom. The van der Waals surface area contributed by atoms with Gasteiger partial charge in [-0.2, -0.15) is 0 Å². The first kappa shape index (κ1) is 53.7. The molecule has 18 N–H and O–H groups in total. The summed E-state index contributed by atoms with van der Waals surface area (Å²) in [4.78, 5) is 12.4. The van der Waals surface area contributed by atoms with E-state index in [-0.39, 0.29) is 0 Å². The molecular formula is C36H60O30. The van der Waals surface area contributed by atoms with Gasteiger partial charge < -0.3 is 144 Å². The molecule has 6 fully saturated rings. The normalized spacial score (nSPS) is 53.9. The summed E-state index contributed by atoms with van der Waals surface area (Å²) in [7, 11) is 0. The van der Waals surface area contributed by atoms with Gasteiger partial charge in [-0.05, 0) is 13.8 Å². The van der Waals surface area contributed by atoms with Crippen LogP contribution < -0.4 is 0 Å². The highest BCUT2D eigenvalue weighted by Gasteiger charge is 2.58. The van der Waals surface area contributed by atoms with Crippen molar-refractivity contribution in [3.63, 3.8) is 0 Å². The second-order valence-electron chi connectivity index (χ2n) is 16.8. The van der Waals surface area contributed by atoms with Crippen LogP contribution in [0.2, 0.25) is 0 Å². The van der Waals surface area contributed by atoms with Gasteiger partial charge in [0.15, 0.2) is 43.8 Å². The Morgan fingerprint density at radius 1 is 0.364 bits per heavy atom. The van der Waals surface area contributed by atoms with Gasteiger partial charge in [0.1, 0.15) is 128 Å². The lowest BCUT2D eigenvalue weighted by Gasteiger charge is -2.50. The molecule has 6 aliphatic heterocycles. The van der Waals surface area contributed by atoms with Gasteiger partial charge >= 0.3 is 5.97 Å². The van der Waals surface area contributed by atoms with Crippen LogP contribution in [-0.2, 0) is 56.9 Å². The third-order valence-corrected chi connectivity index (χ3v) is 12.3. The van der Waals surface area contributed by atoms with Gasteiger partial charge in [0.05, 0.1) is 32.0 Å². The number of ether oxygens (including phenoxy) is 11. The first-order valence-corrected chi connectivity index (χ1v) is 20.8. The predicted octanol–water partition coefficient (Wildman–Crippen LogP) is -12.0. The lowest BCUT2D eigenvalue weighted by molar-refractivity contribution is -0.403. The predicted molar refractivity (Wildman–Crippen MR) is 197 cm³/mol. The van der Waals surface area contributed by atoms with Crippen molar-refractivity contribution < 1.29 is 149 Å². The molecule has 0 bridgehead atoms. The number of carboxylic acid groups (broad SMARTS) is 1. The Balaban J connectivity index is 1.25. The third kappa shape index (κ3) is 10.7. The van der Waals surface area contributed by atoms with E-state index in [9.17, 15) is 96.7 Å². The molecule has 0 spiro atoms. The van der Waals surface area contributed by atoms with Crippen molar-refractivity contribution in [2.24, 2.45) is 0 Å². The Hall–Kier alpha value is -1.65. The van der Waals surface area contributed by atoms with Crippen LogP contribution >= 0.6 is 0 Å². The highest BCUT2D eigenvalue weighted by Crippen LogP contribution is 2.37.